The number of aliphatic hydroxyl groups excluding tert-OH is 1. The zero-order valence-corrected chi connectivity index (χ0v) is 19.6. The highest BCUT2D eigenvalue weighted by molar-refractivity contribution is 5.63. The molecule has 5 nitrogen and oxygen atoms in total. The van der Waals surface area contributed by atoms with Gasteiger partial charge in [-0.3, -0.25) is 4.98 Å². The second-order valence-electron chi connectivity index (χ2n) is 9.79. The van der Waals surface area contributed by atoms with Gasteiger partial charge >= 0.3 is 0 Å². The van der Waals surface area contributed by atoms with Crippen molar-refractivity contribution in [3.8, 4) is 11.3 Å². The summed E-state index contributed by atoms with van der Waals surface area (Å²) < 4.78 is 43.1. The number of aryl methyl sites for hydroxylation is 2. The number of halogens is 3. The first kappa shape index (κ1) is 23.8. The quantitative estimate of drug-likeness (QED) is 0.560. The van der Waals surface area contributed by atoms with Crippen LogP contribution in [0.1, 0.15) is 48.4 Å². The monoisotopic (exact) mass is 482 g/mol. The van der Waals surface area contributed by atoms with E-state index in [1.165, 1.54) is 12.1 Å². The van der Waals surface area contributed by atoms with E-state index in [1.54, 1.807) is 12.3 Å². The number of nitrogens with zero attached hydrogens (tertiary/aromatic N) is 3. The van der Waals surface area contributed by atoms with Crippen LogP contribution in [0.3, 0.4) is 0 Å². The van der Waals surface area contributed by atoms with E-state index in [4.69, 9.17) is 5.73 Å². The van der Waals surface area contributed by atoms with E-state index in [2.05, 4.69) is 21.8 Å². The number of benzene rings is 1. The van der Waals surface area contributed by atoms with Crippen LogP contribution in [0, 0.1) is 23.4 Å². The van der Waals surface area contributed by atoms with Crippen LogP contribution < -0.4 is 10.6 Å². The van der Waals surface area contributed by atoms with Crippen molar-refractivity contribution in [3.63, 3.8) is 0 Å². The van der Waals surface area contributed by atoms with Crippen molar-refractivity contribution in [2.24, 2.45) is 11.7 Å². The summed E-state index contributed by atoms with van der Waals surface area (Å²) in [6.07, 6.45) is 4.60. The first-order valence-electron chi connectivity index (χ1n) is 12.1. The molecule has 2 aromatic heterocycles. The minimum Gasteiger partial charge on any atom is -0.387 e. The Labute approximate surface area is 202 Å². The molecule has 3 heterocycles. The number of anilines is 1. The van der Waals surface area contributed by atoms with Gasteiger partial charge in [0.25, 0.3) is 0 Å². The van der Waals surface area contributed by atoms with Crippen molar-refractivity contribution in [1.82, 2.24) is 9.97 Å². The van der Waals surface area contributed by atoms with Gasteiger partial charge in [0.2, 0.25) is 0 Å². The summed E-state index contributed by atoms with van der Waals surface area (Å²) in [7, 11) is 0. The molecule has 3 atom stereocenters. The Morgan fingerprint density at radius 2 is 1.83 bits per heavy atom. The number of hydrogen-bond donors (Lipinski definition) is 2. The second-order valence-corrected chi connectivity index (χ2v) is 9.79. The molecule has 35 heavy (non-hydrogen) atoms. The molecule has 0 amide bonds. The van der Waals surface area contributed by atoms with Gasteiger partial charge in [-0.25, -0.2) is 18.2 Å². The number of rotatable bonds is 5. The first-order valence-corrected chi connectivity index (χ1v) is 12.1. The fourth-order valence-corrected chi connectivity index (χ4v) is 5.50. The van der Waals surface area contributed by atoms with Crippen LogP contribution in [0.2, 0.25) is 0 Å². The fraction of sp³-hybridized carbons (Fsp3) is 0.407. The summed E-state index contributed by atoms with van der Waals surface area (Å²) in [5.41, 5.74) is 9.95. The maximum absolute atomic E-state index is 14.5. The lowest BCUT2D eigenvalue weighted by Crippen LogP contribution is -2.47. The van der Waals surface area contributed by atoms with Crippen molar-refractivity contribution in [1.29, 1.82) is 0 Å². The van der Waals surface area contributed by atoms with E-state index in [0.29, 0.717) is 30.9 Å². The Balaban J connectivity index is 1.47. The van der Waals surface area contributed by atoms with Crippen LogP contribution in [0.25, 0.3) is 11.3 Å². The van der Waals surface area contributed by atoms with Gasteiger partial charge in [-0.05, 0) is 67.9 Å². The largest absolute Gasteiger partial charge is 0.387 e. The van der Waals surface area contributed by atoms with E-state index < -0.39 is 29.1 Å². The Bertz CT molecular complexity index is 1220. The predicted octanol–water partition coefficient (Wildman–Crippen LogP) is 4.50. The zero-order valence-electron chi connectivity index (χ0n) is 19.6. The van der Waals surface area contributed by atoms with Crippen LogP contribution in [0.5, 0.6) is 0 Å². The molecule has 1 fully saturated rings. The molecule has 8 heteroatoms. The molecule has 5 rings (SSSR count). The van der Waals surface area contributed by atoms with Gasteiger partial charge in [0.05, 0.1) is 17.4 Å². The maximum Gasteiger partial charge on any atom is 0.149 e. The molecular formula is C27H29F3N4O. The van der Waals surface area contributed by atoms with Crippen LogP contribution in [-0.4, -0.2) is 34.2 Å². The van der Waals surface area contributed by atoms with Gasteiger partial charge < -0.3 is 15.7 Å². The lowest BCUT2D eigenvalue weighted by Gasteiger charge is -2.38. The van der Waals surface area contributed by atoms with Gasteiger partial charge in [-0.2, -0.15) is 0 Å². The summed E-state index contributed by atoms with van der Waals surface area (Å²) in [5.74, 6) is -2.04. The van der Waals surface area contributed by atoms with Crippen LogP contribution in [0.4, 0.5) is 18.9 Å². The summed E-state index contributed by atoms with van der Waals surface area (Å²) in [6, 6.07) is 6.23. The van der Waals surface area contributed by atoms with Crippen molar-refractivity contribution in [2.75, 3.05) is 18.0 Å². The molecule has 1 saturated heterocycles. The molecule has 0 saturated carbocycles. The molecular weight excluding hydrogens is 453 g/mol. The Morgan fingerprint density at radius 1 is 1.06 bits per heavy atom. The highest BCUT2D eigenvalue weighted by atomic mass is 19.1. The third-order valence-corrected chi connectivity index (χ3v) is 7.00. The minimum atomic E-state index is -0.854. The molecule has 3 N–H and O–H groups in total. The average molecular weight is 483 g/mol. The van der Waals surface area contributed by atoms with Gasteiger partial charge in [-0.1, -0.05) is 13.0 Å². The van der Waals surface area contributed by atoms with E-state index in [9.17, 15) is 18.3 Å². The first-order chi connectivity index (χ1) is 16.8. The maximum atomic E-state index is 14.5. The van der Waals surface area contributed by atoms with Gasteiger partial charge in [0.1, 0.15) is 23.1 Å². The molecule has 0 radical (unpaired) electrons. The predicted molar refractivity (Wildman–Crippen MR) is 128 cm³/mol. The molecule has 0 unspecified atom stereocenters. The molecule has 1 aliphatic heterocycles. The van der Waals surface area contributed by atoms with Crippen LogP contribution in [0.15, 0.2) is 36.5 Å². The molecule has 0 bridgehead atoms. The third kappa shape index (κ3) is 4.65. The van der Waals surface area contributed by atoms with Gasteiger partial charge in [0.15, 0.2) is 0 Å². The Hall–Kier alpha value is -2.97. The van der Waals surface area contributed by atoms with Crippen molar-refractivity contribution in [2.45, 2.75) is 51.2 Å². The molecule has 1 aliphatic carbocycles. The number of aliphatic hydroxyl groups is 1. The van der Waals surface area contributed by atoms with Gasteiger partial charge in [-0.15, -0.1) is 0 Å². The van der Waals surface area contributed by atoms with Crippen molar-refractivity contribution in [3.05, 3.63) is 76.5 Å². The summed E-state index contributed by atoms with van der Waals surface area (Å²) in [6.45, 7) is 3.79. The number of fused-ring (bicyclic) bond motifs is 1. The van der Waals surface area contributed by atoms with E-state index >= 15 is 0 Å². The second kappa shape index (κ2) is 9.59. The Kier molecular flexibility index (Phi) is 6.51. The fourth-order valence-electron chi connectivity index (χ4n) is 5.50. The number of aromatic nitrogens is 2. The summed E-state index contributed by atoms with van der Waals surface area (Å²) >= 11 is 0. The highest BCUT2D eigenvalue weighted by Crippen LogP contribution is 2.40. The van der Waals surface area contributed by atoms with Gasteiger partial charge in [0, 0.05) is 42.3 Å². The molecule has 3 aromatic rings. The Morgan fingerprint density at radius 3 is 2.57 bits per heavy atom. The van der Waals surface area contributed by atoms with Crippen molar-refractivity contribution >= 4 is 5.69 Å². The lowest BCUT2D eigenvalue weighted by atomic mass is 9.93. The zero-order chi connectivity index (χ0) is 24.7. The normalized spacial score (nSPS) is 21.9. The summed E-state index contributed by atoms with van der Waals surface area (Å²) in [4.78, 5) is 11.2. The molecule has 0 spiro atoms. The minimum absolute atomic E-state index is 0.0683. The summed E-state index contributed by atoms with van der Waals surface area (Å²) in [5, 5.41) is 10.4. The standard InChI is InChI=1S/C27H29F3N4O/c1-15-11-17(31)14-34(13-15)27-16(12-32-25-19(27)8-10-23(25)35)5-6-18-7-9-22(30)26(33-18)24-20(28)3-2-4-21(24)29/h2-4,7,9,12,15,17,23,35H,5-6,8,10-11,13-14,31H2,1H3/t15-,17+,23-/m1/s1. The molecule has 2 aliphatic rings. The molecule has 184 valence electrons. The van der Waals surface area contributed by atoms with E-state index in [0.717, 1.165) is 60.6 Å². The SMILES string of the molecule is C[C@@H]1C[C@H](N)CN(c2c(CCc3ccc(F)c(-c4c(F)cccc4F)n3)cnc3c2CC[C@H]3O)C1. The smallest absolute Gasteiger partial charge is 0.149 e. The lowest BCUT2D eigenvalue weighted by molar-refractivity contribution is 0.176. The van der Waals surface area contributed by atoms with Crippen molar-refractivity contribution < 1.29 is 18.3 Å². The van der Waals surface area contributed by atoms with Crippen LogP contribution >= 0.6 is 0 Å². The topological polar surface area (TPSA) is 75.3 Å². The molecule has 1 aromatic carbocycles. The number of hydrogen-bond acceptors (Lipinski definition) is 5. The third-order valence-electron chi connectivity index (χ3n) is 7.00. The highest BCUT2D eigenvalue weighted by Gasteiger charge is 2.31. The average Bonchev–Trinajstić information content (AvgIpc) is 3.19. The number of nitrogens with two attached hydrogens (primary N) is 1. The van der Waals surface area contributed by atoms with Crippen LogP contribution in [-0.2, 0) is 19.3 Å². The number of pyridine rings is 2. The van der Waals surface area contributed by atoms with E-state index in [1.807, 2.05) is 0 Å². The number of piperidine rings is 1. The van der Waals surface area contributed by atoms with E-state index in [-0.39, 0.29) is 11.7 Å².